The van der Waals surface area contributed by atoms with Crippen LogP contribution in [0.3, 0.4) is 0 Å². The fourth-order valence-electron chi connectivity index (χ4n) is 1.32. The van der Waals surface area contributed by atoms with Crippen LogP contribution in [0, 0.1) is 0 Å². The van der Waals surface area contributed by atoms with Gasteiger partial charge in [-0.2, -0.15) is 0 Å². The lowest BCUT2D eigenvalue weighted by molar-refractivity contribution is 0.255. The first-order chi connectivity index (χ1) is 9.25. The van der Waals surface area contributed by atoms with Crippen molar-refractivity contribution in [3.05, 3.63) is 59.0 Å². The van der Waals surface area contributed by atoms with Crippen LogP contribution in [0.4, 0.5) is 10.7 Å². The molecule has 0 aliphatic carbocycles. The highest BCUT2D eigenvalue weighted by molar-refractivity contribution is 9.10. The maximum absolute atomic E-state index is 11.5. The average molecular weight is 319 g/mol. The Bertz CT molecular complexity index is 586. The number of carbonyl (C=O) groups excluding carboxylic acids is 1. The van der Waals surface area contributed by atoms with E-state index in [-0.39, 0.29) is 5.95 Å². The zero-order valence-corrected chi connectivity index (χ0v) is 11.5. The van der Waals surface area contributed by atoms with E-state index in [2.05, 4.69) is 36.5 Å². The molecule has 0 radical (unpaired) electrons. The Balaban J connectivity index is 1.89. The van der Waals surface area contributed by atoms with Crippen molar-refractivity contribution < 1.29 is 4.79 Å². The maximum Gasteiger partial charge on any atom is 0.325 e. The van der Waals surface area contributed by atoms with Crippen LogP contribution >= 0.6 is 15.9 Å². The van der Waals surface area contributed by atoms with Crippen LogP contribution in [0.5, 0.6) is 0 Å². The van der Waals surface area contributed by atoms with E-state index in [1.165, 1.54) is 0 Å². The minimum absolute atomic E-state index is 0.259. The molecule has 2 amide bonds. The number of hydrogen-bond acceptors (Lipinski definition) is 3. The molecule has 5 nitrogen and oxygen atoms in total. The van der Waals surface area contributed by atoms with Crippen LogP contribution in [0.2, 0.25) is 0 Å². The van der Waals surface area contributed by atoms with Gasteiger partial charge in [-0.3, -0.25) is 5.32 Å². The number of anilines is 1. The molecule has 1 heterocycles. The predicted octanol–water partition coefficient (Wildman–Crippen LogP) is 3.03. The third kappa shape index (κ3) is 4.18. The van der Waals surface area contributed by atoms with Crippen LogP contribution in [0.15, 0.2) is 53.4 Å². The van der Waals surface area contributed by atoms with E-state index >= 15 is 0 Å². The Hall–Kier alpha value is -2.21. The number of halogens is 1. The van der Waals surface area contributed by atoms with Gasteiger partial charge in [0.2, 0.25) is 5.95 Å². The average Bonchev–Trinajstić information content (AvgIpc) is 2.42. The van der Waals surface area contributed by atoms with Gasteiger partial charge in [0.15, 0.2) is 0 Å². The molecule has 96 valence electrons. The van der Waals surface area contributed by atoms with Crippen LogP contribution in [0.25, 0.3) is 6.08 Å². The summed E-state index contributed by atoms with van der Waals surface area (Å²) in [5, 5.41) is 5.08. The highest BCUT2D eigenvalue weighted by Crippen LogP contribution is 2.16. The maximum atomic E-state index is 11.5. The number of rotatable bonds is 3. The summed E-state index contributed by atoms with van der Waals surface area (Å²) in [6.45, 7) is 0. The van der Waals surface area contributed by atoms with E-state index in [0.717, 1.165) is 10.0 Å². The molecular formula is C13H11BrN4O. The second-order valence-corrected chi connectivity index (χ2v) is 4.38. The monoisotopic (exact) mass is 318 g/mol. The minimum Gasteiger partial charge on any atom is -0.314 e. The lowest BCUT2D eigenvalue weighted by atomic mass is 10.2. The molecule has 0 aliphatic rings. The molecule has 0 bridgehead atoms. The summed E-state index contributed by atoms with van der Waals surface area (Å²) in [6.07, 6.45) is 6.45. The zero-order valence-electron chi connectivity index (χ0n) is 9.88. The highest BCUT2D eigenvalue weighted by atomic mass is 79.9. The van der Waals surface area contributed by atoms with E-state index in [1.54, 1.807) is 30.7 Å². The van der Waals surface area contributed by atoms with Gasteiger partial charge in [-0.25, -0.2) is 14.8 Å². The molecule has 0 atom stereocenters. The summed E-state index contributed by atoms with van der Waals surface area (Å²) in [6, 6.07) is 8.99. The Morgan fingerprint density at radius 3 is 2.63 bits per heavy atom. The standard InChI is InChI=1S/C13H11BrN4O/c14-11-5-2-1-4-10(11)6-9-17-13(19)18-12-15-7-3-8-16-12/h1-9H,(H2,15,16,17,18,19)/b9-6+. The van der Waals surface area contributed by atoms with Crippen molar-refractivity contribution in [1.82, 2.24) is 15.3 Å². The van der Waals surface area contributed by atoms with Crippen molar-refractivity contribution in [3.63, 3.8) is 0 Å². The molecule has 0 fully saturated rings. The molecule has 0 saturated heterocycles. The molecule has 2 N–H and O–H groups in total. The largest absolute Gasteiger partial charge is 0.325 e. The Morgan fingerprint density at radius 2 is 1.89 bits per heavy atom. The van der Waals surface area contributed by atoms with Crippen molar-refractivity contribution in [2.75, 3.05) is 5.32 Å². The fourth-order valence-corrected chi connectivity index (χ4v) is 1.74. The molecule has 0 unspecified atom stereocenters. The summed E-state index contributed by atoms with van der Waals surface area (Å²) in [5.41, 5.74) is 0.971. The number of urea groups is 1. The van der Waals surface area contributed by atoms with Gasteiger partial charge in [0, 0.05) is 23.1 Å². The van der Waals surface area contributed by atoms with Crippen molar-refractivity contribution in [1.29, 1.82) is 0 Å². The molecule has 2 aromatic rings. The molecule has 6 heteroatoms. The summed E-state index contributed by atoms with van der Waals surface area (Å²) in [4.78, 5) is 19.3. The molecular weight excluding hydrogens is 308 g/mol. The SMILES string of the molecule is O=C(N/C=C/c1ccccc1Br)Nc1ncccn1. The first-order valence-corrected chi connectivity index (χ1v) is 6.30. The fraction of sp³-hybridized carbons (Fsp3) is 0. The van der Waals surface area contributed by atoms with Crippen LogP contribution in [-0.4, -0.2) is 16.0 Å². The first-order valence-electron chi connectivity index (χ1n) is 5.51. The third-order valence-corrected chi connectivity index (χ3v) is 2.90. The molecule has 2 rings (SSSR count). The summed E-state index contributed by atoms with van der Waals surface area (Å²) in [7, 11) is 0. The number of aromatic nitrogens is 2. The summed E-state index contributed by atoms with van der Waals surface area (Å²) < 4.78 is 0.958. The Kier molecular flexibility index (Phi) is 4.63. The number of carbonyl (C=O) groups is 1. The van der Waals surface area contributed by atoms with Crippen LogP contribution in [0.1, 0.15) is 5.56 Å². The zero-order chi connectivity index (χ0) is 13.5. The molecule has 0 aliphatic heterocycles. The molecule has 0 spiro atoms. The third-order valence-electron chi connectivity index (χ3n) is 2.17. The van der Waals surface area contributed by atoms with E-state index < -0.39 is 6.03 Å². The molecule has 19 heavy (non-hydrogen) atoms. The molecule has 1 aromatic heterocycles. The first kappa shape index (κ1) is 13.2. The molecule has 1 aromatic carbocycles. The van der Waals surface area contributed by atoms with Crippen LogP contribution in [-0.2, 0) is 0 Å². The highest BCUT2D eigenvalue weighted by Gasteiger charge is 2.00. The predicted molar refractivity (Wildman–Crippen MR) is 77.4 cm³/mol. The summed E-state index contributed by atoms with van der Waals surface area (Å²) in [5.74, 6) is 0.259. The van der Waals surface area contributed by atoms with E-state index in [0.29, 0.717) is 0 Å². The number of benzene rings is 1. The van der Waals surface area contributed by atoms with Gasteiger partial charge in [-0.1, -0.05) is 34.1 Å². The van der Waals surface area contributed by atoms with Crippen molar-refractivity contribution in [2.45, 2.75) is 0 Å². The quantitative estimate of drug-likeness (QED) is 0.914. The van der Waals surface area contributed by atoms with Crippen LogP contribution < -0.4 is 10.6 Å². The second kappa shape index (κ2) is 6.65. The van der Waals surface area contributed by atoms with E-state index in [1.807, 2.05) is 24.3 Å². The number of nitrogens with one attached hydrogen (secondary N) is 2. The van der Waals surface area contributed by atoms with Gasteiger partial charge in [0.05, 0.1) is 0 Å². The Labute approximate surface area is 118 Å². The lowest BCUT2D eigenvalue weighted by Crippen LogP contribution is -2.24. The second-order valence-electron chi connectivity index (χ2n) is 3.53. The number of nitrogens with zero attached hydrogens (tertiary/aromatic N) is 2. The number of hydrogen-bond donors (Lipinski definition) is 2. The van der Waals surface area contributed by atoms with Gasteiger partial charge < -0.3 is 5.32 Å². The summed E-state index contributed by atoms with van der Waals surface area (Å²) >= 11 is 3.42. The van der Waals surface area contributed by atoms with Gasteiger partial charge in [0.25, 0.3) is 0 Å². The molecule has 0 saturated carbocycles. The van der Waals surface area contributed by atoms with E-state index in [4.69, 9.17) is 0 Å². The van der Waals surface area contributed by atoms with Gasteiger partial charge in [-0.05, 0) is 23.8 Å². The Morgan fingerprint density at radius 1 is 1.16 bits per heavy atom. The van der Waals surface area contributed by atoms with Crippen molar-refractivity contribution >= 4 is 34.0 Å². The number of amides is 2. The van der Waals surface area contributed by atoms with Crippen molar-refractivity contribution in [2.24, 2.45) is 0 Å². The smallest absolute Gasteiger partial charge is 0.314 e. The topological polar surface area (TPSA) is 66.9 Å². The minimum atomic E-state index is -0.394. The van der Waals surface area contributed by atoms with E-state index in [9.17, 15) is 4.79 Å². The van der Waals surface area contributed by atoms with Gasteiger partial charge in [-0.15, -0.1) is 0 Å². The van der Waals surface area contributed by atoms with Crippen molar-refractivity contribution in [3.8, 4) is 0 Å². The van der Waals surface area contributed by atoms with Gasteiger partial charge in [0.1, 0.15) is 0 Å². The normalized spacial score (nSPS) is 10.4. The van der Waals surface area contributed by atoms with Gasteiger partial charge >= 0.3 is 6.03 Å². The lowest BCUT2D eigenvalue weighted by Gasteiger charge is -2.02.